The van der Waals surface area contributed by atoms with Crippen LogP contribution in [-0.2, 0) is 0 Å². The minimum absolute atomic E-state index is 0.881. The number of hydrogen-bond donors (Lipinski definition) is 0. The van der Waals surface area contributed by atoms with Crippen molar-refractivity contribution in [1.29, 1.82) is 0 Å². The zero-order valence-corrected chi connectivity index (χ0v) is 32.0. The number of rotatable bonds is 6. The van der Waals surface area contributed by atoms with Crippen molar-refractivity contribution in [2.45, 2.75) is 0 Å². The molecule has 3 nitrogen and oxygen atoms in total. The van der Waals surface area contributed by atoms with Gasteiger partial charge in [-0.25, -0.2) is 0 Å². The van der Waals surface area contributed by atoms with Crippen molar-refractivity contribution in [2.75, 3.05) is 4.90 Å². The molecule has 0 spiro atoms. The summed E-state index contributed by atoms with van der Waals surface area (Å²) < 4.78 is 12.9. The number of hydrogen-bond acceptors (Lipinski definition) is 3. The Kier molecular flexibility index (Phi) is 7.54. The molecule has 0 bridgehead atoms. The molecule has 2 heterocycles. The average molecular weight is 754 g/mol. The molecule has 276 valence electrons. The van der Waals surface area contributed by atoms with Crippen LogP contribution < -0.4 is 4.90 Å². The van der Waals surface area contributed by atoms with Crippen LogP contribution in [0.5, 0.6) is 0 Å². The molecule has 0 amide bonds. The second-order valence-electron chi connectivity index (χ2n) is 15.3. The Labute approximate surface area is 340 Å². The predicted molar refractivity (Wildman–Crippen MR) is 247 cm³/mol. The van der Waals surface area contributed by atoms with Gasteiger partial charge in [-0.15, -0.1) is 0 Å². The van der Waals surface area contributed by atoms with Gasteiger partial charge in [-0.1, -0.05) is 146 Å². The monoisotopic (exact) mass is 753 g/mol. The summed E-state index contributed by atoms with van der Waals surface area (Å²) in [6.45, 7) is 0. The van der Waals surface area contributed by atoms with Crippen molar-refractivity contribution in [2.24, 2.45) is 0 Å². The molecule has 0 fully saturated rings. The van der Waals surface area contributed by atoms with Crippen LogP contribution in [0, 0.1) is 0 Å². The van der Waals surface area contributed by atoms with Crippen molar-refractivity contribution in [3.8, 4) is 33.4 Å². The third kappa shape index (κ3) is 5.59. The minimum Gasteiger partial charge on any atom is -0.456 e. The third-order valence-electron chi connectivity index (χ3n) is 11.8. The van der Waals surface area contributed by atoms with E-state index in [4.69, 9.17) is 8.83 Å². The van der Waals surface area contributed by atoms with E-state index in [-0.39, 0.29) is 0 Å². The van der Waals surface area contributed by atoms with E-state index in [1.807, 2.05) is 12.1 Å². The lowest BCUT2D eigenvalue weighted by Crippen LogP contribution is -2.11. The molecule has 2 aromatic heterocycles. The average Bonchev–Trinajstić information content (AvgIpc) is 3.86. The molecular weight excluding hydrogens is 719 g/mol. The Morgan fingerprint density at radius 3 is 1.80 bits per heavy atom. The lowest BCUT2D eigenvalue weighted by molar-refractivity contribution is 0.669. The Morgan fingerprint density at radius 2 is 0.915 bits per heavy atom. The lowest BCUT2D eigenvalue weighted by Gasteiger charge is -2.28. The van der Waals surface area contributed by atoms with Gasteiger partial charge < -0.3 is 13.7 Å². The second kappa shape index (κ2) is 13.4. The van der Waals surface area contributed by atoms with Gasteiger partial charge in [0.05, 0.1) is 5.69 Å². The predicted octanol–water partition coefficient (Wildman–Crippen LogP) is 16.3. The molecule has 3 heteroatoms. The molecule has 0 aliphatic rings. The van der Waals surface area contributed by atoms with Crippen LogP contribution in [0.2, 0.25) is 0 Å². The molecule has 0 N–H and O–H groups in total. The highest BCUT2D eigenvalue weighted by atomic mass is 16.3. The number of anilines is 3. The summed E-state index contributed by atoms with van der Waals surface area (Å²) in [6.07, 6.45) is 0. The number of fused-ring (bicyclic) bond motifs is 8. The summed E-state index contributed by atoms with van der Waals surface area (Å²) in [7, 11) is 0. The summed E-state index contributed by atoms with van der Waals surface area (Å²) in [5, 5.41) is 9.31. The van der Waals surface area contributed by atoms with E-state index in [1.54, 1.807) is 0 Å². The fourth-order valence-corrected chi connectivity index (χ4v) is 8.93. The van der Waals surface area contributed by atoms with Gasteiger partial charge in [0, 0.05) is 44.0 Å². The fourth-order valence-electron chi connectivity index (χ4n) is 8.93. The Balaban J connectivity index is 1.02. The maximum atomic E-state index is 6.46. The highest BCUT2D eigenvalue weighted by molar-refractivity contribution is 6.12. The molecule has 0 radical (unpaired) electrons. The molecule has 0 aliphatic carbocycles. The molecule has 0 saturated carbocycles. The van der Waals surface area contributed by atoms with Crippen LogP contribution in [-0.4, -0.2) is 0 Å². The van der Waals surface area contributed by atoms with Crippen LogP contribution in [0.4, 0.5) is 17.1 Å². The molecule has 10 aromatic carbocycles. The summed E-state index contributed by atoms with van der Waals surface area (Å²) in [6, 6.07) is 75.9. The summed E-state index contributed by atoms with van der Waals surface area (Å²) in [5.41, 5.74) is 13.5. The van der Waals surface area contributed by atoms with E-state index in [2.05, 4.69) is 205 Å². The van der Waals surface area contributed by atoms with E-state index >= 15 is 0 Å². The second-order valence-corrected chi connectivity index (χ2v) is 15.3. The quantitative estimate of drug-likeness (QED) is 0.169. The van der Waals surface area contributed by atoms with E-state index in [1.165, 1.54) is 27.1 Å². The minimum atomic E-state index is 0.881. The highest BCUT2D eigenvalue weighted by Crippen LogP contribution is 2.44. The largest absolute Gasteiger partial charge is 0.456 e. The van der Waals surface area contributed by atoms with Crippen LogP contribution in [0.25, 0.3) is 98.8 Å². The van der Waals surface area contributed by atoms with Gasteiger partial charge in [0.2, 0.25) is 0 Å². The molecule has 0 aliphatic heterocycles. The molecule has 0 atom stereocenters. The van der Waals surface area contributed by atoms with Crippen LogP contribution in [0.1, 0.15) is 0 Å². The Morgan fingerprint density at radius 1 is 0.288 bits per heavy atom. The van der Waals surface area contributed by atoms with Gasteiger partial charge in [0.1, 0.15) is 22.3 Å². The summed E-state index contributed by atoms with van der Waals surface area (Å²) in [4.78, 5) is 2.39. The van der Waals surface area contributed by atoms with Crippen molar-refractivity contribution < 1.29 is 8.83 Å². The van der Waals surface area contributed by atoms with Gasteiger partial charge in [-0.05, 0) is 111 Å². The van der Waals surface area contributed by atoms with E-state index in [9.17, 15) is 0 Å². The Bertz CT molecular complexity index is 3570. The number of benzene rings is 10. The first kappa shape index (κ1) is 33.3. The normalized spacial score (nSPS) is 11.7. The zero-order chi connectivity index (χ0) is 38.9. The van der Waals surface area contributed by atoms with E-state index in [0.717, 1.165) is 88.8 Å². The first-order chi connectivity index (χ1) is 29.2. The third-order valence-corrected chi connectivity index (χ3v) is 11.8. The molecule has 0 saturated heterocycles. The number of furan rings is 2. The van der Waals surface area contributed by atoms with Crippen molar-refractivity contribution in [3.63, 3.8) is 0 Å². The van der Waals surface area contributed by atoms with Gasteiger partial charge >= 0.3 is 0 Å². The maximum Gasteiger partial charge on any atom is 0.143 e. The number of nitrogens with zero attached hydrogens (tertiary/aromatic N) is 1. The maximum absolute atomic E-state index is 6.46. The summed E-state index contributed by atoms with van der Waals surface area (Å²) in [5.74, 6) is 0. The first-order valence-corrected chi connectivity index (χ1v) is 20.1. The van der Waals surface area contributed by atoms with Gasteiger partial charge in [0.15, 0.2) is 0 Å². The topological polar surface area (TPSA) is 29.5 Å². The lowest BCUT2D eigenvalue weighted by atomic mass is 9.97. The molecule has 12 rings (SSSR count). The zero-order valence-electron chi connectivity index (χ0n) is 32.0. The van der Waals surface area contributed by atoms with Gasteiger partial charge in [0.25, 0.3) is 0 Å². The molecule has 0 unspecified atom stereocenters. The highest BCUT2D eigenvalue weighted by Gasteiger charge is 2.20. The van der Waals surface area contributed by atoms with E-state index in [0.29, 0.717) is 0 Å². The number of para-hydroxylation sites is 3. The SMILES string of the molecule is c1cc(-c2ccc3ccccc3c2)cc(N(c2ccc(-c3cccc4c3oc3ccccc34)cc2)c2ccccc2-c2ccc3oc4cc5ccccc5cc4c3c2)c1. The molecule has 12 aromatic rings. The molecular formula is C56H35NO2. The van der Waals surface area contributed by atoms with E-state index < -0.39 is 0 Å². The first-order valence-electron chi connectivity index (χ1n) is 20.1. The standard InChI is InChI=1S/C56H35NO2/c1-2-12-38-31-42(24-23-36(38)11-1)39-15-9-16-45(32-39)57(44-28-25-37(26-29-44)47-19-10-20-49-48-18-6-8-22-53(48)59-56(47)49)52-21-7-5-17-46(52)43-27-30-54-50(34-43)51-33-40-13-3-4-14-41(40)35-55(51)58-54/h1-35H. The molecule has 59 heavy (non-hydrogen) atoms. The Hall–Kier alpha value is -7.88. The van der Waals surface area contributed by atoms with Crippen molar-refractivity contribution in [3.05, 3.63) is 212 Å². The van der Waals surface area contributed by atoms with Gasteiger partial charge in [-0.2, -0.15) is 0 Å². The van der Waals surface area contributed by atoms with Crippen molar-refractivity contribution >= 4 is 82.5 Å². The fraction of sp³-hybridized carbons (Fsp3) is 0. The van der Waals surface area contributed by atoms with Gasteiger partial charge in [-0.3, -0.25) is 0 Å². The van der Waals surface area contributed by atoms with Crippen LogP contribution >= 0.6 is 0 Å². The van der Waals surface area contributed by atoms with Crippen molar-refractivity contribution in [1.82, 2.24) is 0 Å². The summed E-state index contributed by atoms with van der Waals surface area (Å²) >= 11 is 0. The smallest absolute Gasteiger partial charge is 0.143 e. The van der Waals surface area contributed by atoms with Crippen LogP contribution in [0.3, 0.4) is 0 Å². The van der Waals surface area contributed by atoms with Crippen LogP contribution in [0.15, 0.2) is 221 Å².